The number of hydrogen-bond donors (Lipinski definition) is 0. The second-order valence-corrected chi connectivity index (χ2v) is 30.2. The van der Waals surface area contributed by atoms with Gasteiger partial charge in [-0.15, -0.1) is 0 Å². The molecular formula is C73H73BN2OSi. The minimum Gasteiger partial charge on any atom is -0.468 e. The molecule has 0 unspecified atom stereocenters. The van der Waals surface area contributed by atoms with E-state index in [0.717, 1.165) is 54.0 Å². The second-order valence-electron chi connectivity index (χ2n) is 26.4. The van der Waals surface area contributed by atoms with Gasteiger partial charge in [0.05, 0.1) is 11.3 Å². The first kappa shape index (κ1) is 50.2. The zero-order valence-electron chi connectivity index (χ0n) is 47.7. The van der Waals surface area contributed by atoms with Crippen molar-refractivity contribution < 1.29 is 4.42 Å². The van der Waals surface area contributed by atoms with Gasteiger partial charge < -0.3 is 14.2 Å². The lowest BCUT2D eigenvalue weighted by molar-refractivity contribution is 0.332. The van der Waals surface area contributed by atoms with Gasteiger partial charge >= 0.3 is 0 Å². The van der Waals surface area contributed by atoms with Crippen molar-refractivity contribution in [3.8, 4) is 11.1 Å². The minimum absolute atomic E-state index is 0.0217. The first-order valence-corrected chi connectivity index (χ1v) is 30.6. The standard InChI is InChI=1S/C73H73BN2OSi/c1-48-42-64-67-65(43-48)76(54-35-30-49(31-36-54)50-22-21-29-58(44-50)78(55-23-15-12-16-24-55,56-25-17-13-18-26-56)57-27-19-14-20-28-57)68-59-46-60-61(73(10,11)41-40-72(60,8)9)47-66(59)77-69(68)74(67)62-45-52(71(5,6)7)34-39-63(62)75(64)53-37-32-51(33-38-53)70(2,3)4/h12-13,15-19,21-39,42-47H,14,20,40-41H2,1-11H3. The van der Waals surface area contributed by atoms with Crippen molar-refractivity contribution in [3.05, 3.63) is 227 Å². The van der Waals surface area contributed by atoms with E-state index in [1.54, 1.807) is 0 Å². The number of aryl methyl sites for hydroxylation is 1. The van der Waals surface area contributed by atoms with Gasteiger partial charge in [-0.05, 0) is 179 Å². The average Bonchev–Trinajstić information content (AvgIpc) is 4.02. The van der Waals surface area contributed by atoms with Gasteiger partial charge in [-0.25, -0.2) is 0 Å². The maximum atomic E-state index is 7.62. The van der Waals surface area contributed by atoms with Crippen molar-refractivity contribution in [2.45, 2.75) is 124 Å². The van der Waals surface area contributed by atoms with E-state index < -0.39 is 8.07 Å². The van der Waals surface area contributed by atoms with Crippen LogP contribution in [0.25, 0.3) is 22.1 Å². The number of furan rings is 1. The Hall–Kier alpha value is -7.34. The molecule has 388 valence electrons. The normalized spacial score (nSPS) is 16.3. The summed E-state index contributed by atoms with van der Waals surface area (Å²) in [5.74, 6) is 0. The predicted molar refractivity (Wildman–Crippen MR) is 337 cm³/mol. The molecule has 0 N–H and O–H groups in total. The molecule has 0 amide bonds. The van der Waals surface area contributed by atoms with Crippen LogP contribution >= 0.6 is 0 Å². The fraction of sp³-hybridized carbons (Fsp3) is 0.260. The molecule has 13 rings (SSSR count). The average molecular weight is 1030 g/mol. The van der Waals surface area contributed by atoms with Crippen LogP contribution in [0.2, 0.25) is 0 Å². The molecule has 1 aromatic heterocycles. The summed E-state index contributed by atoms with van der Waals surface area (Å²) in [6.07, 6.45) is 11.8. The van der Waals surface area contributed by atoms with E-state index in [-0.39, 0.29) is 28.4 Å². The Bertz CT molecular complexity index is 3850. The van der Waals surface area contributed by atoms with Gasteiger partial charge in [0, 0.05) is 33.8 Å². The van der Waals surface area contributed by atoms with Crippen molar-refractivity contribution >= 4 is 92.0 Å². The smallest absolute Gasteiger partial charge is 0.297 e. The molecular weight excluding hydrogens is 960 g/mol. The topological polar surface area (TPSA) is 19.6 Å². The van der Waals surface area contributed by atoms with E-state index in [0.29, 0.717) is 0 Å². The molecule has 9 aromatic rings. The summed E-state index contributed by atoms with van der Waals surface area (Å²) in [7, 11) is -2.70. The first-order chi connectivity index (χ1) is 37.3. The van der Waals surface area contributed by atoms with Crippen LogP contribution in [0.5, 0.6) is 0 Å². The molecule has 5 heteroatoms. The van der Waals surface area contributed by atoms with E-state index in [9.17, 15) is 0 Å². The summed E-state index contributed by atoms with van der Waals surface area (Å²) in [5.41, 5.74) is 20.8. The second kappa shape index (κ2) is 18.1. The van der Waals surface area contributed by atoms with Gasteiger partial charge in [-0.2, -0.15) is 0 Å². The summed E-state index contributed by atoms with van der Waals surface area (Å²) in [4.78, 5) is 5.11. The third-order valence-corrected chi connectivity index (χ3v) is 23.0. The van der Waals surface area contributed by atoms with Crippen LogP contribution in [0.1, 0.15) is 123 Å². The van der Waals surface area contributed by atoms with Gasteiger partial charge in [0.1, 0.15) is 5.58 Å². The fourth-order valence-electron chi connectivity index (χ4n) is 13.8. The Morgan fingerprint density at radius 1 is 0.526 bits per heavy atom. The Morgan fingerprint density at radius 3 is 1.72 bits per heavy atom. The van der Waals surface area contributed by atoms with Crippen LogP contribution in [0.4, 0.5) is 34.1 Å². The number of benzene rings is 8. The molecule has 78 heavy (non-hydrogen) atoms. The van der Waals surface area contributed by atoms with Crippen LogP contribution in [-0.4, -0.2) is 14.8 Å². The van der Waals surface area contributed by atoms with Gasteiger partial charge in [0.2, 0.25) is 0 Å². The van der Waals surface area contributed by atoms with Crippen LogP contribution in [-0.2, 0) is 21.7 Å². The molecule has 0 fully saturated rings. The highest BCUT2D eigenvalue weighted by atomic mass is 28.3. The lowest BCUT2D eigenvalue weighted by Gasteiger charge is -2.43. The Balaban J connectivity index is 1.03. The molecule has 0 spiro atoms. The lowest BCUT2D eigenvalue weighted by Crippen LogP contribution is -2.68. The number of fused-ring (bicyclic) bond motifs is 7. The Morgan fingerprint density at radius 2 is 1.10 bits per heavy atom. The molecule has 0 radical (unpaired) electrons. The third-order valence-electron chi connectivity index (χ3n) is 18.2. The number of allylic oxidation sites excluding steroid dienone is 4. The number of nitrogens with zero attached hydrogens (tertiary/aromatic N) is 2. The van der Waals surface area contributed by atoms with Crippen LogP contribution in [0.15, 0.2) is 204 Å². The highest BCUT2D eigenvalue weighted by molar-refractivity contribution is 7.16. The van der Waals surface area contributed by atoms with E-state index in [4.69, 9.17) is 4.42 Å². The van der Waals surface area contributed by atoms with Crippen LogP contribution in [0, 0.1) is 6.92 Å². The molecule has 3 nitrogen and oxygen atoms in total. The summed E-state index contributed by atoms with van der Waals surface area (Å²) in [6.45, 7) is 25.8. The molecule has 0 saturated heterocycles. The summed E-state index contributed by atoms with van der Waals surface area (Å²) in [5, 5.41) is 6.84. The molecule has 4 aliphatic rings. The SMILES string of the molecule is Cc1cc2c3c(c1)N(c1ccc(-c4cccc([Si](C5=CCCC=C5)(c5ccccc5)c5ccccc5)c4)cc1)c1c(oc4cc5c(cc14)C(C)(C)CCC5(C)C)B3c1cc(C(C)(C)C)ccc1N2c1ccc(C(C)(C)C)cc1. The first-order valence-electron chi connectivity index (χ1n) is 28.6. The zero-order chi connectivity index (χ0) is 54.1. The Labute approximate surface area is 465 Å². The maximum Gasteiger partial charge on any atom is 0.297 e. The van der Waals surface area contributed by atoms with Crippen LogP contribution in [0.3, 0.4) is 0 Å². The van der Waals surface area contributed by atoms with E-state index in [2.05, 4.69) is 280 Å². The molecule has 8 aromatic carbocycles. The van der Waals surface area contributed by atoms with Gasteiger partial charge in [0.25, 0.3) is 6.71 Å². The van der Waals surface area contributed by atoms with E-state index in [1.165, 1.54) is 93.1 Å². The summed E-state index contributed by atoms with van der Waals surface area (Å²) < 4.78 is 7.62. The largest absolute Gasteiger partial charge is 0.468 e. The van der Waals surface area contributed by atoms with Crippen molar-refractivity contribution in [2.75, 3.05) is 9.80 Å². The molecule has 3 heterocycles. The maximum absolute atomic E-state index is 7.62. The molecule has 2 aliphatic carbocycles. The monoisotopic (exact) mass is 1030 g/mol. The van der Waals surface area contributed by atoms with Gasteiger partial charge in [-0.3, -0.25) is 0 Å². The van der Waals surface area contributed by atoms with E-state index >= 15 is 0 Å². The van der Waals surface area contributed by atoms with Crippen LogP contribution < -0.4 is 41.9 Å². The van der Waals surface area contributed by atoms with Crippen molar-refractivity contribution in [2.24, 2.45) is 0 Å². The Kier molecular flexibility index (Phi) is 11.7. The van der Waals surface area contributed by atoms with Crippen molar-refractivity contribution in [3.63, 3.8) is 0 Å². The molecule has 0 saturated carbocycles. The number of hydrogen-bond acceptors (Lipinski definition) is 3. The molecule has 0 bridgehead atoms. The molecule has 2 aliphatic heterocycles. The zero-order valence-corrected chi connectivity index (χ0v) is 48.7. The number of rotatable bonds is 7. The molecule has 0 atom stereocenters. The van der Waals surface area contributed by atoms with E-state index in [1.807, 2.05) is 0 Å². The third kappa shape index (κ3) is 7.96. The summed E-state index contributed by atoms with van der Waals surface area (Å²) in [6, 6.07) is 68.0. The quantitative estimate of drug-likeness (QED) is 0.117. The predicted octanol–water partition coefficient (Wildman–Crippen LogP) is 15.7. The number of anilines is 6. The van der Waals surface area contributed by atoms with Gasteiger partial charge in [-0.1, -0.05) is 209 Å². The van der Waals surface area contributed by atoms with Gasteiger partial charge in [0.15, 0.2) is 8.07 Å². The summed E-state index contributed by atoms with van der Waals surface area (Å²) >= 11 is 0. The highest BCUT2D eigenvalue weighted by Crippen LogP contribution is 2.52. The fourth-order valence-corrected chi connectivity index (χ4v) is 18.7. The highest BCUT2D eigenvalue weighted by Gasteiger charge is 2.49. The van der Waals surface area contributed by atoms with Crippen molar-refractivity contribution in [1.29, 1.82) is 0 Å². The minimum atomic E-state index is -2.70. The van der Waals surface area contributed by atoms with Crippen molar-refractivity contribution in [1.82, 2.24) is 0 Å². The lowest BCUT2D eigenvalue weighted by atomic mass is 9.35.